The van der Waals surface area contributed by atoms with Crippen molar-refractivity contribution < 1.29 is 10.2 Å². The molecule has 0 radical (unpaired) electrons. The summed E-state index contributed by atoms with van der Waals surface area (Å²) in [5.74, 6) is 1.23. The summed E-state index contributed by atoms with van der Waals surface area (Å²) < 4.78 is 0. The van der Waals surface area contributed by atoms with Crippen molar-refractivity contribution >= 4 is 23.6 Å². The van der Waals surface area contributed by atoms with Crippen LogP contribution in [0.15, 0.2) is 81.2 Å². The van der Waals surface area contributed by atoms with Crippen molar-refractivity contribution in [2.24, 2.45) is 15.0 Å². The van der Waals surface area contributed by atoms with Gasteiger partial charge < -0.3 is 15.5 Å². The van der Waals surface area contributed by atoms with E-state index in [9.17, 15) is 5.11 Å². The fraction of sp³-hybridized carbons (Fsp3) is 0.190. The highest BCUT2D eigenvalue weighted by Gasteiger charge is 2.35. The van der Waals surface area contributed by atoms with Gasteiger partial charge in [0.05, 0.1) is 30.9 Å². The van der Waals surface area contributed by atoms with Crippen molar-refractivity contribution in [3.8, 4) is 0 Å². The second-order valence-corrected chi connectivity index (χ2v) is 6.37. The van der Waals surface area contributed by atoms with Gasteiger partial charge in [-0.25, -0.2) is 9.98 Å². The number of hydrogen-bond acceptors (Lipinski definition) is 5. The first-order valence-electron chi connectivity index (χ1n) is 8.83. The van der Waals surface area contributed by atoms with Gasteiger partial charge in [0.1, 0.15) is 12.2 Å². The van der Waals surface area contributed by atoms with Gasteiger partial charge in [-0.2, -0.15) is 0 Å². The Morgan fingerprint density at radius 1 is 1.04 bits per heavy atom. The summed E-state index contributed by atoms with van der Waals surface area (Å²) in [6.45, 7) is -0.255. The molecule has 2 aromatic rings. The minimum absolute atomic E-state index is 0.0722. The third-order valence-electron chi connectivity index (χ3n) is 4.55. The maximum Gasteiger partial charge on any atom is 0.160 e. The number of nitrogens with one attached hydrogen (secondary N) is 1. The lowest BCUT2D eigenvalue weighted by Gasteiger charge is -2.16. The number of nitrogens with zero attached hydrogens (tertiary/aromatic N) is 3. The third-order valence-corrected chi connectivity index (χ3v) is 4.55. The first kappa shape index (κ1) is 17.3. The number of aliphatic hydroxyl groups is 2. The van der Waals surface area contributed by atoms with E-state index in [4.69, 9.17) is 5.11 Å². The minimum Gasteiger partial charge on any atom is -0.394 e. The average molecular weight is 360 g/mol. The molecule has 27 heavy (non-hydrogen) atoms. The molecule has 2 aromatic carbocycles. The zero-order valence-corrected chi connectivity index (χ0v) is 14.7. The van der Waals surface area contributed by atoms with Crippen LogP contribution in [0.25, 0.3) is 5.57 Å². The van der Waals surface area contributed by atoms with Crippen molar-refractivity contribution in [2.75, 3.05) is 13.2 Å². The molecular formula is C21H20N4O2. The molecule has 2 heterocycles. The van der Waals surface area contributed by atoms with Crippen molar-refractivity contribution in [1.29, 1.82) is 0 Å². The molecule has 0 saturated heterocycles. The first-order valence-corrected chi connectivity index (χ1v) is 8.83. The van der Waals surface area contributed by atoms with Crippen LogP contribution in [0.5, 0.6) is 0 Å². The lowest BCUT2D eigenvalue weighted by molar-refractivity contribution is 0.102. The van der Waals surface area contributed by atoms with E-state index in [0.29, 0.717) is 5.84 Å². The fourth-order valence-electron chi connectivity index (χ4n) is 3.28. The Morgan fingerprint density at radius 3 is 2.44 bits per heavy atom. The van der Waals surface area contributed by atoms with Crippen LogP contribution in [-0.4, -0.2) is 47.5 Å². The van der Waals surface area contributed by atoms with Crippen molar-refractivity contribution in [2.45, 2.75) is 12.1 Å². The van der Waals surface area contributed by atoms with E-state index < -0.39 is 6.10 Å². The summed E-state index contributed by atoms with van der Waals surface area (Å²) in [7, 11) is 0. The van der Waals surface area contributed by atoms with E-state index >= 15 is 0 Å². The van der Waals surface area contributed by atoms with Crippen LogP contribution in [0.3, 0.4) is 0 Å². The smallest absolute Gasteiger partial charge is 0.160 e. The van der Waals surface area contributed by atoms with Gasteiger partial charge in [0, 0.05) is 5.57 Å². The molecule has 0 fully saturated rings. The van der Waals surface area contributed by atoms with Crippen LogP contribution >= 0.6 is 0 Å². The van der Waals surface area contributed by atoms with Gasteiger partial charge in [-0.3, -0.25) is 4.99 Å². The highest BCUT2D eigenvalue weighted by Crippen LogP contribution is 2.39. The topological polar surface area (TPSA) is 89.6 Å². The van der Waals surface area contributed by atoms with Gasteiger partial charge in [0.25, 0.3) is 0 Å². The Morgan fingerprint density at radius 2 is 1.74 bits per heavy atom. The standard InChI is InChI=1S/C21H20N4O2/c26-12-16(27)11-22-20-18-17(14-7-3-1-4-8-14)19(15-9-5-2-6-10-15)25-21(18)24-13-23-20/h1-10,13,16,19,26-27H,11-12H2,(H,22,23,24,25)/t16-,19?/m1/s1. The Hall–Kier alpha value is -3.09. The number of amidine groups is 2. The van der Waals surface area contributed by atoms with Crippen LogP contribution in [-0.2, 0) is 0 Å². The molecule has 6 nitrogen and oxygen atoms in total. The largest absolute Gasteiger partial charge is 0.394 e. The molecule has 136 valence electrons. The molecule has 0 aromatic heterocycles. The van der Waals surface area contributed by atoms with E-state index in [1.807, 2.05) is 36.4 Å². The highest BCUT2D eigenvalue weighted by molar-refractivity contribution is 6.34. The molecule has 2 aliphatic rings. The van der Waals surface area contributed by atoms with Crippen LogP contribution in [0.4, 0.5) is 0 Å². The number of fused-ring (bicyclic) bond motifs is 1. The summed E-state index contributed by atoms with van der Waals surface area (Å²) in [6, 6.07) is 20.2. The highest BCUT2D eigenvalue weighted by atomic mass is 16.3. The Bertz CT molecular complexity index is 933. The van der Waals surface area contributed by atoms with Gasteiger partial charge in [-0.1, -0.05) is 60.7 Å². The van der Waals surface area contributed by atoms with Crippen molar-refractivity contribution in [3.63, 3.8) is 0 Å². The molecule has 1 unspecified atom stereocenters. The number of hydrogen-bond donors (Lipinski definition) is 3. The molecule has 0 saturated carbocycles. The zero-order chi connectivity index (χ0) is 18.6. The van der Waals surface area contributed by atoms with Gasteiger partial charge in [-0.15, -0.1) is 0 Å². The molecule has 0 spiro atoms. The summed E-state index contributed by atoms with van der Waals surface area (Å²) in [5.41, 5.74) is 4.07. The SMILES string of the molecule is OC[C@H](O)CN=C1N=CN=C2NC(c3ccccc3)C(c3ccccc3)=C12. The molecule has 0 amide bonds. The van der Waals surface area contributed by atoms with E-state index in [-0.39, 0.29) is 19.2 Å². The monoisotopic (exact) mass is 360 g/mol. The van der Waals surface area contributed by atoms with Crippen LogP contribution < -0.4 is 5.32 Å². The lowest BCUT2D eigenvalue weighted by atomic mass is 9.91. The molecule has 0 bridgehead atoms. The molecule has 2 atom stereocenters. The van der Waals surface area contributed by atoms with Crippen LogP contribution in [0.1, 0.15) is 17.2 Å². The fourth-order valence-corrected chi connectivity index (χ4v) is 3.28. The number of aliphatic hydroxyl groups excluding tert-OH is 2. The Kier molecular flexibility index (Phi) is 4.91. The summed E-state index contributed by atoms with van der Waals surface area (Å²) >= 11 is 0. The van der Waals surface area contributed by atoms with Crippen molar-refractivity contribution in [1.82, 2.24) is 5.32 Å². The number of aliphatic imine (C=N–C) groups is 3. The minimum atomic E-state index is -0.907. The maximum atomic E-state index is 9.67. The second kappa shape index (κ2) is 7.65. The van der Waals surface area contributed by atoms with Crippen LogP contribution in [0.2, 0.25) is 0 Å². The summed E-state index contributed by atoms with van der Waals surface area (Å²) in [6.07, 6.45) is 0.557. The first-order chi connectivity index (χ1) is 13.3. The maximum absolute atomic E-state index is 9.67. The Balaban J connectivity index is 1.85. The van der Waals surface area contributed by atoms with Gasteiger partial charge >= 0.3 is 0 Å². The predicted octanol–water partition coefficient (Wildman–Crippen LogP) is 1.98. The van der Waals surface area contributed by atoms with E-state index in [0.717, 1.165) is 28.1 Å². The lowest BCUT2D eigenvalue weighted by Crippen LogP contribution is -2.26. The molecule has 6 heteroatoms. The quantitative estimate of drug-likeness (QED) is 0.762. The van der Waals surface area contributed by atoms with Gasteiger partial charge in [0.15, 0.2) is 5.84 Å². The zero-order valence-electron chi connectivity index (χ0n) is 14.7. The predicted molar refractivity (Wildman–Crippen MR) is 107 cm³/mol. The van der Waals surface area contributed by atoms with Crippen molar-refractivity contribution in [3.05, 3.63) is 77.4 Å². The molecular weight excluding hydrogens is 340 g/mol. The van der Waals surface area contributed by atoms with E-state index in [1.165, 1.54) is 6.34 Å². The number of rotatable bonds is 5. The van der Waals surface area contributed by atoms with E-state index in [2.05, 4.69) is 44.6 Å². The van der Waals surface area contributed by atoms with Gasteiger partial charge in [0.2, 0.25) is 0 Å². The average Bonchev–Trinajstić information content (AvgIpc) is 3.13. The van der Waals surface area contributed by atoms with Crippen LogP contribution in [0, 0.1) is 0 Å². The second-order valence-electron chi connectivity index (χ2n) is 6.37. The normalized spacial score (nSPS) is 21.0. The summed E-state index contributed by atoms with van der Waals surface area (Å²) in [5, 5.41) is 22.2. The molecule has 2 aliphatic heterocycles. The molecule has 3 N–H and O–H groups in total. The number of benzene rings is 2. The Labute approximate surface area is 157 Å². The summed E-state index contributed by atoms with van der Waals surface area (Å²) in [4.78, 5) is 13.2. The van der Waals surface area contributed by atoms with Gasteiger partial charge in [-0.05, 0) is 11.1 Å². The van der Waals surface area contributed by atoms with E-state index in [1.54, 1.807) is 0 Å². The molecule has 0 aliphatic carbocycles. The third kappa shape index (κ3) is 3.45. The molecule has 4 rings (SSSR count).